The molecule has 0 spiro atoms. The average molecular weight is 197 g/mol. The van der Waals surface area contributed by atoms with Crippen molar-refractivity contribution in [2.24, 2.45) is 17.8 Å². The second kappa shape index (κ2) is 4.19. The molecule has 4 unspecified atom stereocenters. The lowest BCUT2D eigenvalue weighted by Gasteiger charge is -2.45. The Morgan fingerprint density at radius 2 is 2.00 bits per heavy atom. The molecule has 1 saturated carbocycles. The van der Waals surface area contributed by atoms with Crippen molar-refractivity contribution in [2.45, 2.75) is 38.6 Å². The third kappa shape index (κ3) is 1.96. The lowest BCUT2D eigenvalue weighted by molar-refractivity contribution is 0.0326. The first-order valence-electron chi connectivity index (χ1n) is 6.01. The maximum atomic E-state index is 9.19. The van der Waals surface area contributed by atoms with Crippen molar-refractivity contribution in [3.05, 3.63) is 0 Å². The molecule has 2 nitrogen and oxygen atoms in total. The summed E-state index contributed by atoms with van der Waals surface area (Å²) < 4.78 is 0. The van der Waals surface area contributed by atoms with Gasteiger partial charge in [-0.05, 0) is 57.4 Å². The van der Waals surface area contributed by atoms with E-state index in [9.17, 15) is 5.11 Å². The van der Waals surface area contributed by atoms with Crippen LogP contribution in [0.4, 0.5) is 0 Å². The molecule has 2 fully saturated rings. The van der Waals surface area contributed by atoms with Crippen LogP contribution in [-0.4, -0.2) is 36.2 Å². The summed E-state index contributed by atoms with van der Waals surface area (Å²) >= 11 is 0. The van der Waals surface area contributed by atoms with E-state index < -0.39 is 0 Å². The minimum atomic E-state index is 0.410. The molecule has 0 bridgehead atoms. The van der Waals surface area contributed by atoms with E-state index >= 15 is 0 Å². The first kappa shape index (κ1) is 10.4. The van der Waals surface area contributed by atoms with Crippen molar-refractivity contribution in [3.63, 3.8) is 0 Å². The highest BCUT2D eigenvalue weighted by molar-refractivity contribution is 4.88. The van der Waals surface area contributed by atoms with Crippen molar-refractivity contribution in [1.82, 2.24) is 4.90 Å². The molecule has 1 heterocycles. The van der Waals surface area contributed by atoms with Gasteiger partial charge in [0.2, 0.25) is 0 Å². The minimum Gasteiger partial charge on any atom is -0.396 e. The predicted molar refractivity (Wildman–Crippen MR) is 58.1 cm³/mol. The lowest BCUT2D eigenvalue weighted by atomic mass is 9.69. The van der Waals surface area contributed by atoms with Gasteiger partial charge in [0, 0.05) is 19.2 Å². The third-order valence-corrected chi connectivity index (χ3v) is 4.43. The monoisotopic (exact) mass is 197 g/mol. The summed E-state index contributed by atoms with van der Waals surface area (Å²) in [7, 11) is 2.25. The Labute approximate surface area is 87.3 Å². The fourth-order valence-electron chi connectivity index (χ4n) is 3.29. The molecule has 2 aliphatic rings. The number of hydrogen-bond acceptors (Lipinski definition) is 2. The largest absolute Gasteiger partial charge is 0.396 e. The standard InChI is InChI=1S/C12H23NO/c1-9-5-12-6-10(8-14)3-4-11(12)7-13(9)2/h9-12,14H,3-8H2,1-2H3. The molecule has 1 N–H and O–H groups in total. The Kier molecular flexibility index (Phi) is 3.13. The number of rotatable bonds is 1. The van der Waals surface area contributed by atoms with Gasteiger partial charge in [0.05, 0.1) is 0 Å². The Morgan fingerprint density at radius 3 is 2.71 bits per heavy atom. The van der Waals surface area contributed by atoms with E-state index in [1.54, 1.807) is 0 Å². The van der Waals surface area contributed by atoms with E-state index in [0.29, 0.717) is 12.5 Å². The number of fused-ring (bicyclic) bond motifs is 1. The highest BCUT2D eigenvalue weighted by atomic mass is 16.3. The van der Waals surface area contributed by atoms with Crippen LogP contribution in [0.5, 0.6) is 0 Å². The molecule has 0 amide bonds. The molecule has 2 heteroatoms. The van der Waals surface area contributed by atoms with Gasteiger partial charge in [0.25, 0.3) is 0 Å². The second-order valence-electron chi connectivity index (χ2n) is 5.41. The number of aliphatic hydroxyl groups excluding tert-OH is 1. The van der Waals surface area contributed by atoms with Gasteiger partial charge < -0.3 is 10.0 Å². The molecular formula is C12H23NO. The third-order valence-electron chi connectivity index (χ3n) is 4.43. The van der Waals surface area contributed by atoms with Crippen molar-refractivity contribution in [2.75, 3.05) is 20.2 Å². The first-order valence-corrected chi connectivity index (χ1v) is 6.01. The molecule has 1 aliphatic carbocycles. The van der Waals surface area contributed by atoms with E-state index in [4.69, 9.17) is 0 Å². The summed E-state index contributed by atoms with van der Waals surface area (Å²) in [5.41, 5.74) is 0. The van der Waals surface area contributed by atoms with Crippen molar-refractivity contribution in [1.29, 1.82) is 0 Å². The molecule has 0 radical (unpaired) electrons. The first-order chi connectivity index (χ1) is 6.70. The summed E-state index contributed by atoms with van der Waals surface area (Å²) in [6.45, 7) is 4.02. The van der Waals surface area contributed by atoms with Crippen LogP contribution in [0.3, 0.4) is 0 Å². The summed E-state index contributed by atoms with van der Waals surface area (Å²) in [4.78, 5) is 2.50. The van der Waals surface area contributed by atoms with Crippen LogP contribution in [-0.2, 0) is 0 Å². The molecule has 1 saturated heterocycles. The van der Waals surface area contributed by atoms with Crippen molar-refractivity contribution >= 4 is 0 Å². The predicted octanol–water partition coefficient (Wildman–Crippen LogP) is 1.74. The Hall–Kier alpha value is -0.0800. The number of nitrogens with zero attached hydrogens (tertiary/aromatic N) is 1. The summed E-state index contributed by atoms with van der Waals surface area (Å²) in [5, 5.41) is 9.19. The smallest absolute Gasteiger partial charge is 0.0459 e. The Morgan fingerprint density at radius 1 is 1.21 bits per heavy atom. The summed E-state index contributed by atoms with van der Waals surface area (Å²) in [6.07, 6.45) is 5.21. The summed E-state index contributed by atoms with van der Waals surface area (Å²) in [5.74, 6) is 2.41. The highest BCUT2D eigenvalue weighted by Crippen LogP contribution is 2.40. The van der Waals surface area contributed by atoms with Gasteiger partial charge in [-0.3, -0.25) is 0 Å². The highest BCUT2D eigenvalue weighted by Gasteiger charge is 2.36. The molecule has 14 heavy (non-hydrogen) atoms. The van der Waals surface area contributed by atoms with E-state index in [-0.39, 0.29) is 0 Å². The van der Waals surface area contributed by atoms with E-state index in [2.05, 4.69) is 18.9 Å². The van der Waals surface area contributed by atoms with Gasteiger partial charge >= 0.3 is 0 Å². The second-order valence-corrected chi connectivity index (χ2v) is 5.41. The van der Waals surface area contributed by atoms with Gasteiger partial charge in [-0.15, -0.1) is 0 Å². The summed E-state index contributed by atoms with van der Waals surface area (Å²) in [6, 6.07) is 0.744. The Bertz CT molecular complexity index is 191. The normalized spacial score (nSPS) is 44.8. The van der Waals surface area contributed by atoms with Crippen molar-refractivity contribution < 1.29 is 5.11 Å². The maximum absolute atomic E-state index is 9.19. The van der Waals surface area contributed by atoms with Crippen LogP contribution in [0.25, 0.3) is 0 Å². The number of piperidine rings is 1. The zero-order chi connectivity index (χ0) is 10.1. The van der Waals surface area contributed by atoms with Gasteiger partial charge in [0.1, 0.15) is 0 Å². The fraction of sp³-hybridized carbons (Fsp3) is 1.00. The topological polar surface area (TPSA) is 23.5 Å². The minimum absolute atomic E-state index is 0.410. The van der Waals surface area contributed by atoms with Crippen LogP contribution in [0.1, 0.15) is 32.6 Å². The van der Waals surface area contributed by atoms with Crippen molar-refractivity contribution in [3.8, 4) is 0 Å². The molecule has 82 valence electrons. The van der Waals surface area contributed by atoms with Gasteiger partial charge in [-0.2, -0.15) is 0 Å². The molecule has 4 atom stereocenters. The fourth-order valence-corrected chi connectivity index (χ4v) is 3.29. The zero-order valence-electron chi connectivity index (χ0n) is 9.45. The van der Waals surface area contributed by atoms with Crippen LogP contribution < -0.4 is 0 Å². The lowest BCUT2D eigenvalue weighted by Crippen LogP contribution is -2.46. The zero-order valence-corrected chi connectivity index (χ0v) is 9.45. The molecule has 1 aliphatic heterocycles. The SMILES string of the molecule is CC1CC2CC(CO)CCC2CN1C. The van der Waals surface area contributed by atoms with Crippen LogP contribution in [0.2, 0.25) is 0 Å². The quantitative estimate of drug-likeness (QED) is 0.692. The Balaban J connectivity index is 1.95. The van der Waals surface area contributed by atoms with Crippen LogP contribution in [0, 0.1) is 17.8 Å². The van der Waals surface area contributed by atoms with E-state index in [1.165, 1.54) is 32.2 Å². The molecule has 2 rings (SSSR count). The molecular weight excluding hydrogens is 174 g/mol. The van der Waals surface area contributed by atoms with E-state index in [1.807, 2.05) is 0 Å². The molecule has 0 aromatic heterocycles. The molecule has 0 aromatic carbocycles. The van der Waals surface area contributed by atoms with Gasteiger partial charge in [-0.25, -0.2) is 0 Å². The average Bonchev–Trinajstić information content (AvgIpc) is 2.19. The van der Waals surface area contributed by atoms with Crippen LogP contribution >= 0.6 is 0 Å². The number of aliphatic hydroxyl groups is 1. The van der Waals surface area contributed by atoms with Gasteiger partial charge in [-0.1, -0.05) is 0 Å². The van der Waals surface area contributed by atoms with Crippen LogP contribution in [0.15, 0.2) is 0 Å². The van der Waals surface area contributed by atoms with E-state index in [0.717, 1.165) is 17.9 Å². The number of likely N-dealkylation sites (tertiary alicyclic amines) is 1. The maximum Gasteiger partial charge on any atom is 0.0459 e. The number of hydrogen-bond donors (Lipinski definition) is 1. The molecule has 0 aromatic rings. The van der Waals surface area contributed by atoms with Gasteiger partial charge in [0.15, 0.2) is 0 Å².